The van der Waals surface area contributed by atoms with Gasteiger partial charge in [0.15, 0.2) is 0 Å². The van der Waals surface area contributed by atoms with Crippen LogP contribution in [0.1, 0.15) is 89.6 Å². The number of methoxy groups -OCH3 is 1. The minimum atomic E-state index is 0.453. The molecular weight excluding hydrogens is 360 g/mol. The first-order chi connectivity index (χ1) is 14.0. The van der Waals surface area contributed by atoms with E-state index in [2.05, 4.69) is 52.8 Å². The van der Waals surface area contributed by atoms with E-state index >= 15 is 0 Å². The summed E-state index contributed by atoms with van der Waals surface area (Å²) in [6.07, 6.45) is 7.70. The maximum atomic E-state index is 6.04. The van der Waals surface area contributed by atoms with Crippen molar-refractivity contribution in [3.63, 3.8) is 0 Å². The van der Waals surface area contributed by atoms with Crippen LogP contribution in [-0.4, -0.2) is 23.7 Å². The zero-order valence-electron chi connectivity index (χ0n) is 19.2. The van der Waals surface area contributed by atoms with Gasteiger partial charge in [0.2, 0.25) is 5.88 Å². The molecule has 0 aliphatic rings. The molecule has 160 valence electrons. The van der Waals surface area contributed by atoms with Gasteiger partial charge in [-0.25, -0.2) is 9.97 Å². The lowest BCUT2D eigenvalue weighted by Crippen LogP contribution is -2.08. The molecule has 0 N–H and O–H groups in total. The molecule has 1 heterocycles. The van der Waals surface area contributed by atoms with Gasteiger partial charge in [-0.15, -0.1) is 0 Å². The lowest BCUT2D eigenvalue weighted by Gasteiger charge is -2.17. The van der Waals surface area contributed by atoms with Crippen molar-refractivity contribution in [1.29, 1.82) is 0 Å². The highest BCUT2D eigenvalue weighted by Crippen LogP contribution is 2.35. The van der Waals surface area contributed by atoms with Gasteiger partial charge in [-0.1, -0.05) is 66.4 Å². The highest BCUT2D eigenvalue weighted by molar-refractivity contribution is 5.70. The monoisotopic (exact) mass is 398 g/mol. The molecule has 0 radical (unpaired) electrons. The Kier molecular flexibility index (Phi) is 9.43. The van der Waals surface area contributed by atoms with Gasteiger partial charge >= 0.3 is 0 Å². The molecular formula is C25H38N2O2. The zero-order chi connectivity index (χ0) is 21.2. The Morgan fingerprint density at radius 2 is 1.62 bits per heavy atom. The molecule has 2 aromatic rings. The molecule has 4 nitrogen and oxygen atoms in total. The fourth-order valence-electron chi connectivity index (χ4n) is 3.43. The average Bonchev–Trinajstić information content (AvgIpc) is 2.75. The van der Waals surface area contributed by atoms with E-state index in [1.807, 2.05) is 0 Å². The van der Waals surface area contributed by atoms with E-state index in [-0.39, 0.29) is 0 Å². The molecule has 29 heavy (non-hydrogen) atoms. The largest absolute Gasteiger partial charge is 0.496 e. The van der Waals surface area contributed by atoms with E-state index in [1.165, 1.54) is 31.2 Å². The zero-order valence-corrected chi connectivity index (χ0v) is 19.2. The lowest BCUT2D eigenvalue weighted by molar-refractivity contribution is 0.288. The van der Waals surface area contributed by atoms with Crippen LogP contribution in [0.2, 0.25) is 0 Å². The summed E-state index contributed by atoms with van der Waals surface area (Å²) in [5.74, 6) is 2.00. The molecule has 0 aliphatic heterocycles. The van der Waals surface area contributed by atoms with Gasteiger partial charge in [0.25, 0.3) is 0 Å². The summed E-state index contributed by atoms with van der Waals surface area (Å²) >= 11 is 0. The topological polar surface area (TPSA) is 44.2 Å². The van der Waals surface area contributed by atoms with Crippen molar-refractivity contribution >= 4 is 0 Å². The second-order valence-corrected chi connectivity index (χ2v) is 7.85. The molecule has 0 spiro atoms. The predicted octanol–water partition coefficient (Wildman–Crippen LogP) is 6.75. The Bertz CT molecular complexity index is 772. The summed E-state index contributed by atoms with van der Waals surface area (Å²) in [5, 5.41) is 0. The minimum Gasteiger partial charge on any atom is -0.496 e. The second kappa shape index (κ2) is 11.8. The first kappa shape index (κ1) is 23.2. The highest BCUT2D eigenvalue weighted by Gasteiger charge is 2.18. The molecule has 1 aromatic heterocycles. The molecule has 2 rings (SSSR count). The molecule has 4 heteroatoms. The van der Waals surface area contributed by atoms with E-state index in [0.29, 0.717) is 18.4 Å². The van der Waals surface area contributed by atoms with Crippen molar-refractivity contribution in [3.05, 3.63) is 35.2 Å². The number of nitrogens with zero attached hydrogens (tertiary/aromatic N) is 2. The average molecular weight is 399 g/mol. The quantitative estimate of drug-likeness (QED) is 0.371. The summed E-state index contributed by atoms with van der Waals surface area (Å²) in [4.78, 5) is 9.84. The van der Waals surface area contributed by atoms with Crippen molar-refractivity contribution in [1.82, 2.24) is 9.97 Å². The summed E-state index contributed by atoms with van der Waals surface area (Å²) in [7, 11) is 1.72. The number of unbranched alkanes of at least 4 members (excludes halogenated alkanes) is 4. The molecule has 0 amide bonds. The van der Waals surface area contributed by atoms with E-state index < -0.39 is 0 Å². The summed E-state index contributed by atoms with van der Waals surface area (Å²) in [6.45, 7) is 11.5. The van der Waals surface area contributed by atoms with Crippen molar-refractivity contribution < 1.29 is 9.47 Å². The van der Waals surface area contributed by atoms with Gasteiger partial charge < -0.3 is 9.47 Å². The highest BCUT2D eigenvalue weighted by atomic mass is 16.5. The van der Waals surface area contributed by atoms with Crippen molar-refractivity contribution in [2.45, 2.75) is 85.5 Å². The van der Waals surface area contributed by atoms with Crippen LogP contribution >= 0.6 is 0 Å². The Balaban J connectivity index is 2.30. The van der Waals surface area contributed by atoms with Crippen molar-refractivity contribution in [3.8, 4) is 22.9 Å². The van der Waals surface area contributed by atoms with Crippen LogP contribution in [0.15, 0.2) is 18.2 Å². The number of ether oxygens (including phenoxy) is 2. The smallest absolute Gasteiger partial charge is 0.235 e. The van der Waals surface area contributed by atoms with Gasteiger partial charge in [-0.05, 0) is 42.9 Å². The van der Waals surface area contributed by atoms with Crippen LogP contribution in [-0.2, 0) is 12.8 Å². The first-order valence-electron chi connectivity index (χ1n) is 11.3. The van der Waals surface area contributed by atoms with Gasteiger partial charge in [0, 0.05) is 5.56 Å². The Hall–Kier alpha value is -2.10. The molecule has 0 aliphatic carbocycles. The summed E-state index contributed by atoms with van der Waals surface area (Å²) in [6, 6.07) is 6.40. The van der Waals surface area contributed by atoms with E-state index in [1.54, 1.807) is 7.11 Å². The SMILES string of the molecule is CCCCCCCOc1nc(CC)c(-c2ccc(C(C)C)cc2OC)nc1CC. The molecule has 0 bridgehead atoms. The van der Waals surface area contributed by atoms with Gasteiger partial charge in [-0.3, -0.25) is 0 Å². The third-order valence-electron chi connectivity index (χ3n) is 5.31. The fourth-order valence-corrected chi connectivity index (χ4v) is 3.43. The lowest BCUT2D eigenvalue weighted by atomic mass is 9.98. The Morgan fingerprint density at radius 1 is 0.897 bits per heavy atom. The van der Waals surface area contributed by atoms with E-state index in [4.69, 9.17) is 19.4 Å². The standard InChI is InChI=1S/C25H38N2O2/c1-7-10-11-12-13-16-29-25-22(9-3)26-24(21(8-2)27-25)20-15-14-19(18(4)5)17-23(20)28-6/h14-15,17-18H,7-13,16H2,1-6H3. The van der Waals surface area contributed by atoms with Crippen LogP contribution in [0.3, 0.4) is 0 Å². The predicted molar refractivity (Wildman–Crippen MR) is 121 cm³/mol. The van der Waals surface area contributed by atoms with Crippen LogP contribution in [0, 0.1) is 0 Å². The molecule has 0 saturated heterocycles. The summed E-state index contributed by atoms with van der Waals surface area (Å²) in [5.41, 5.74) is 5.05. The number of hydrogen-bond donors (Lipinski definition) is 0. The Labute approximate surface area is 177 Å². The summed E-state index contributed by atoms with van der Waals surface area (Å²) < 4.78 is 11.8. The van der Waals surface area contributed by atoms with Gasteiger partial charge in [0.05, 0.1) is 25.1 Å². The second-order valence-electron chi connectivity index (χ2n) is 7.85. The Morgan fingerprint density at radius 3 is 2.24 bits per heavy atom. The van der Waals surface area contributed by atoms with Crippen LogP contribution in [0.5, 0.6) is 11.6 Å². The van der Waals surface area contributed by atoms with Crippen molar-refractivity contribution in [2.75, 3.05) is 13.7 Å². The van der Waals surface area contributed by atoms with E-state index in [0.717, 1.165) is 47.7 Å². The number of hydrogen-bond acceptors (Lipinski definition) is 4. The molecule has 0 saturated carbocycles. The van der Waals surface area contributed by atoms with E-state index in [9.17, 15) is 0 Å². The number of aryl methyl sites for hydroxylation is 2. The van der Waals surface area contributed by atoms with Crippen LogP contribution < -0.4 is 9.47 Å². The number of aromatic nitrogens is 2. The third-order valence-corrected chi connectivity index (χ3v) is 5.31. The number of benzene rings is 1. The van der Waals surface area contributed by atoms with Crippen LogP contribution in [0.25, 0.3) is 11.3 Å². The molecule has 1 aromatic carbocycles. The normalized spacial score (nSPS) is 11.1. The van der Waals surface area contributed by atoms with Gasteiger partial charge in [-0.2, -0.15) is 0 Å². The fraction of sp³-hybridized carbons (Fsp3) is 0.600. The maximum absolute atomic E-state index is 6.04. The molecule has 0 fully saturated rings. The van der Waals surface area contributed by atoms with Crippen LogP contribution in [0.4, 0.5) is 0 Å². The number of rotatable bonds is 12. The molecule has 0 unspecified atom stereocenters. The minimum absolute atomic E-state index is 0.453. The maximum Gasteiger partial charge on any atom is 0.235 e. The molecule has 0 atom stereocenters. The first-order valence-corrected chi connectivity index (χ1v) is 11.3. The third kappa shape index (κ3) is 6.19. The van der Waals surface area contributed by atoms with Gasteiger partial charge in [0.1, 0.15) is 11.4 Å². The van der Waals surface area contributed by atoms with Crippen molar-refractivity contribution in [2.24, 2.45) is 0 Å².